The van der Waals surface area contributed by atoms with Gasteiger partial charge in [-0.3, -0.25) is 0 Å². The summed E-state index contributed by atoms with van der Waals surface area (Å²) in [6.45, 7) is 8.89. The molecule has 3 aliphatic heterocycles. The fraction of sp³-hybridized carbons (Fsp3) is 0.136. The SMILES string of the molecule is CCC1=C(C)C2=Cc3cc(c4cccccc3-4)C=C3N=C(C=c4[nH]c(c(-c5ccccc5)c4-c4ccccc4)=CC1=N2)C(CC)=C3C. The zero-order valence-corrected chi connectivity index (χ0v) is 27.4. The van der Waals surface area contributed by atoms with Crippen LogP contribution in [0.5, 0.6) is 0 Å². The van der Waals surface area contributed by atoms with Crippen LogP contribution in [0.25, 0.3) is 57.7 Å². The van der Waals surface area contributed by atoms with E-state index >= 15 is 0 Å². The highest BCUT2D eigenvalue weighted by atomic mass is 14.8. The third-order valence-corrected chi connectivity index (χ3v) is 9.78. The van der Waals surface area contributed by atoms with Gasteiger partial charge in [0.1, 0.15) is 0 Å². The summed E-state index contributed by atoms with van der Waals surface area (Å²) < 4.78 is 0. The van der Waals surface area contributed by atoms with E-state index in [-0.39, 0.29) is 0 Å². The van der Waals surface area contributed by atoms with Gasteiger partial charge in [-0.25, -0.2) is 9.98 Å². The van der Waals surface area contributed by atoms with Crippen LogP contribution in [0.15, 0.2) is 141 Å². The van der Waals surface area contributed by atoms with Crippen LogP contribution in [-0.2, 0) is 0 Å². The quantitative estimate of drug-likeness (QED) is 0.211. The first-order valence-electron chi connectivity index (χ1n) is 16.6. The highest BCUT2D eigenvalue weighted by Gasteiger charge is 2.24. The van der Waals surface area contributed by atoms with Gasteiger partial charge in [0.2, 0.25) is 0 Å². The Bertz CT molecular complexity index is 2190. The number of H-pyrrole nitrogens is 1. The first-order valence-corrected chi connectivity index (χ1v) is 16.6. The molecule has 3 heteroatoms. The number of nitrogens with zero attached hydrogens (tertiary/aromatic N) is 2. The molecule has 3 nitrogen and oxygen atoms in total. The van der Waals surface area contributed by atoms with E-state index in [0.717, 1.165) is 46.4 Å². The number of fused-ring (bicyclic) bond motifs is 9. The molecule has 0 fully saturated rings. The molecule has 8 bridgehead atoms. The lowest BCUT2D eigenvalue weighted by Gasteiger charge is -2.07. The lowest BCUT2D eigenvalue weighted by molar-refractivity contribution is 1.15. The summed E-state index contributed by atoms with van der Waals surface area (Å²) in [5.41, 5.74) is 18.6. The number of hydrogen-bond donors (Lipinski definition) is 1. The molecule has 0 spiro atoms. The van der Waals surface area contributed by atoms with Crippen LogP contribution in [-0.4, -0.2) is 16.4 Å². The molecule has 0 atom stereocenters. The minimum Gasteiger partial charge on any atom is -0.354 e. The van der Waals surface area contributed by atoms with Crippen LogP contribution in [0.1, 0.15) is 51.7 Å². The van der Waals surface area contributed by atoms with Gasteiger partial charge < -0.3 is 4.98 Å². The molecule has 0 saturated heterocycles. The summed E-state index contributed by atoms with van der Waals surface area (Å²) >= 11 is 0. The van der Waals surface area contributed by atoms with E-state index < -0.39 is 0 Å². The second kappa shape index (κ2) is 11.7. The van der Waals surface area contributed by atoms with Crippen molar-refractivity contribution in [2.45, 2.75) is 40.5 Å². The average Bonchev–Trinajstić information content (AvgIpc) is 3.72. The van der Waals surface area contributed by atoms with Gasteiger partial charge in [0.15, 0.2) is 0 Å². The van der Waals surface area contributed by atoms with Crippen LogP contribution >= 0.6 is 0 Å². The summed E-state index contributed by atoms with van der Waals surface area (Å²) in [6.07, 6.45) is 10.9. The molecule has 47 heavy (non-hydrogen) atoms. The predicted molar refractivity (Wildman–Crippen MR) is 200 cm³/mol. The summed E-state index contributed by atoms with van der Waals surface area (Å²) in [6, 6.07) is 34.5. The number of allylic oxidation sites excluding steroid dienone is 4. The van der Waals surface area contributed by atoms with Crippen LogP contribution in [0.4, 0.5) is 0 Å². The molecule has 0 saturated carbocycles. The average molecular weight is 608 g/mol. The highest BCUT2D eigenvalue weighted by molar-refractivity contribution is 6.25. The Hall–Kier alpha value is -5.54. The normalized spacial score (nSPS) is 15.7. The number of aromatic nitrogens is 1. The molecule has 0 unspecified atom stereocenters. The number of aliphatic imine (C=N–C) groups is 2. The monoisotopic (exact) mass is 607 g/mol. The first-order chi connectivity index (χ1) is 23.0. The molecular weight excluding hydrogens is 571 g/mol. The second-order valence-electron chi connectivity index (χ2n) is 12.5. The van der Waals surface area contributed by atoms with Crippen molar-refractivity contribution in [1.29, 1.82) is 0 Å². The largest absolute Gasteiger partial charge is 0.354 e. The topological polar surface area (TPSA) is 40.5 Å². The molecule has 8 rings (SSSR count). The molecule has 0 amide bonds. The van der Waals surface area contributed by atoms with Crippen molar-refractivity contribution in [2.75, 3.05) is 0 Å². The highest BCUT2D eigenvalue weighted by Crippen LogP contribution is 2.39. The molecule has 1 aromatic heterocycles. The van der Waals surface area contributed by atoms with Gasteiger partial charge in [0.25, 0.3) is 0 Å². The molecule has 228 valence electrons. The molecule has 0 radical (unpaired) electrons. The third-order valence-electron chi connectivity index (χ3n) is 9.78. The Balaban J connectivity index is 1.52. The zero-order valence-electron chi connectivity index (χ0n) is 27.4. The van der Waals surface area contributed by atoms with Gasteiger partial charge >= 0.3 is 0 Å². The number of nitrogens with one attached hydrogen (secondary N) is 1. The molecule has 5 aliphatic rings. The number of hydrogen-bond acceptors (Lipinski definition) is 2. The third kappa shape index (κ3) is 4.90. The van der Waals surface area contributed by atoms with E-state index in [1.165, 1.54) is 66.8 Å². The number of rotatable bonds is 4. The first kappa shape index (κ1) is 28.9. The van der Waals surface area contributed by atoms with Gasteiger partial charge in [-0.1, -0.05) is 105 Å². The number of aromatic amines is 1. The van der Waals surface area contributed by atoms with E-state index in [1.54, 1.807) is 0 Å². The maximum absolute atomic E-state index is 5.33. The van der Waals surface area contributed by atoms with Crippen molar-refractivity contribution in [3.05, 3.63) is 153 Å². The molecule has 2 aromatic carbocycles. The predicted octanol–water partition coefficient (Wildman–Crippen LogP) is 9.77. The standard InChI is InChI=1S/C44H37N3/c1-5-33-27(3)37-23-31-22-32(36-21-15-9-14-20-35(31)36)24-38-28(4)34(6-2)40(46-38)26-42-44(30-18-12-8-13-19-30)43(29-16-10-7-11-17-29)41(47-42)25-39(33)45-37/h7-26,47H,5-6H2,1-4H3. The van der Waals surface area contributed by atoms with Gasteiger partial charge in [0, 0.05) is 21.8 Å². The van der Waals surface area contributed by atoms with Gasteiger partial charge in [-0.05, 0) is 113 Å². The second-order valence-corrected chi connectivity index (χ2v) is 12.5. The Morgan fingerprint density at radius 2 is 0.915 bits per heavy atom. The van der Waals surface area contributed by atoms with E-state index in [9.17, 15) is 0 Å². The minimum absolute atomic E-state index is 0.902. The van der Waals surface area contributed by atoms with Crippen molar-refractivity contribution >= 4 is 35.7 Å². The van der Waals surface area contributed by atoms with Crippen molar-refractivity contribution in [1.82, 2.24) is 4.98 Å². The van der Waals surface area contributed by atoms with Crippen molar-refractivity contribution in [2.24, 2.45) is 9.98 Å². The van der Waals surface area contributed by atoms with E-state index in [4.69, 9.17) is 9.98 Å². The van der Waals surface area contributed by atoms with Crippen molar-refractivity contribution in [3.8, 4) is 33.4 Å². The Labute approximate surface area is 276 Å². The molecular formula is C44H37N3. The van der Waals surface area contributed by atoms with Crippen molar-refractivity contribution in [3.63, 3.8) is 0 Å². The molecule has 1 N–H and O–H groups in total. The number of benzene rings is 2. The molecule has 3 aromatic rings. The van der Waals surface area contributed by atoms with Crippen LogP contribution in [0.3, 0.4) is 0 Å². The van der Waals surface area contributed by atoms with Crippen LogP contribution < -0.4 is 10.7 Å². The Morgan fingerprint density at radius 3 is 1.32 bits per heavy atom. The zero-order chi connectivity index (χ0) is 32.1. The van der Waals surface area contributed by atoms with Crippen molar-refractivity contribution < 1.29 is 0 Å². The van der Waals surface area contributed by atoms with E-state index in [2.05, 4.69) is 154 Å². The summed E-state index contributed by atoms with van der Waals surface area (Å²) in [4.78, 5) is 14.5. The minimum atomic E-state index is 0.902. The Morgan fingerprint density at radius 1 is 0.511 bits per heavy atom. The fourth-order valence-electron chi connectivity index (χ4n) is 7.41. The van der Waals surface area contributed by atoms with E-state index in [0.29, 0.717) is 0 Å². The van der Waals surface area contributed by atoms with Crippen LogP contribution in [0.2, 0.25) is 0 Å². The van der Waals surface area contributed by atoms with Crippen LogP contribution in [0, 0.1) is 0 Å². The summed E-state index contributed by atoms with van der Waals surface area (Å²) in [7, 11) is 0. The maximum Gasteiger partial charge on any atom is 0.0693 e. The lowest BCUT2D eigenvalue weighted by Crippen LogP contribution is -2.15. The smallest absolute Gasteiger partial charge is 0.0693 e. The van der Waals surface area contributed by atoms with Gasteiger partial charge in [-0.2, -0.15) is 0 Å². The van der Waals surface area contributed by atoms with Gasteiger partial charge in [0.05, 0.1) is 22.8 Å². The Kier molecular flexibility index (Phi) is 7.18. The molecule has 2 aliphatic carbocycles. The van der Waals surface area contributed by atoms with E-state index in [1.807, 2.05) is 0 Å². The summed E-state index contributed by atoms with van der Waals surface area (Å²) in [5.74, 6) is 0. The fourth-order valence-corrected chi connectivity index (χ4v) is 7.41. The summed E-state index contributed by atoms with van der Waals surface area (Å²) in [5, 5.41) is 2.10. The molecule has 4 heterocycles. The maximum atomic E-state index is 5.33. The van der Waals surface area contributed by atoms with Gasteiger partial charge in [-0.15, -0.1) is 0 Å². The lowest BCUT2D eigenvalue weighted by atomic mass is 9.95.